The molecule has 7 aliphatic rings. The normalized spacial score (nSPS) is 16.9. The molecule has 18 heterocycles. The van der Waals surface area contributed by atoms with Gasteiger partial charge in [-0.15, -0.1) is 34.0 Å². The molecule has 34 nitrogen and oxygen atoms in total. The first kappa shape index (κ1) is 83.8. The second-order valence-corrected chi connectivity index (χ2v) is 36.7. The minimum atomic E-state index is -3.14. The zero-order valence-electron chi connectivity index (χ0n) is 68.6. The van der Waals surface area contributed by atoms with Gasteiger partial charge in [-0.3, -0.25) is 24.4 Å². The summed E-state index contributed by atoms with van der Waals surface area (Å²) in [4.78, 5) is 112. The third-order valence-electron chi connectivity index (χ3n) is 23.1. The first-order chi connectivity index (χ1) is 58.8. The highest BCUT2D eigenvalue weighted by Gasteiger charge is 2.32. The fourth-order valence-corrected chi connectivity index (χ4v) is 20.4. The number of thiophene rings is 3. The molecule has 634 valence electrons. The smallest absolute Gasteiger partial charge is 0.248 e. The van der Waals surface area contributed by atoms with Crippen LogP contribution in [-0.4, -0.2) is 262 Å². The van der Waals surface area contributed by atoms with Gasteiger partial charge >= 0.3 is 0 Å². The van der Waals surface area contributed by atoms with Crippen molar-refractivity contribution in [3.05, 3.63) is 111 Å². The third kappa shape index (κ3) is 19.1. The number of carbonyl (C=O) groups is 2. The van der Waals surface area contributed by atoms with Gasteiger partial charge < -0.3 is 61.2 Å². The van der Waals surface area contributed by atoms with E-state index in [4.69, 9.17) is 66.7 Å². The van der Waals surface area contributed by atoms with Crippen LogP contribution in [0.5, 0.6) is 0 Å². The predicted molar refractivity (Wildman–Crippen MR) is 475 cm³/mol. The summed E-state index contributed by atoms with van der Waals surface area (Å²) in [6.07, 6.45) is 29.2. The van der Waals surface area contributed by atoms with Crippen molar-refractivity contribution in [1.29, 1.82) is 0 Å². The van der Waals surface area contributed by atoms with Crippen molar-refractivity contribution in [2.75, 3.05) is 168 Å². The highest BCUT2D eigenvalue weighted by molar-refractivity contribution is 7.88. The zero-order valence-corrected chi connectivity index (χ0v) is 71.8. The van der Waals surface area contributed by atoms with Crippen LogP contribution in [-0.2, 0) is 45.8 Å². The number of likely N-dealkylation sites (N-methyl/N-ethyl adjacent to an activating group) is 1. The lowest BCUT2D eigenvalue weighted by Gasteiger charge is -2.34. The SMILES string of the molecule is CN(Cc1csc2c(-c3cnc(N)nc3)nc(N3CCCCC3)nc12)C(=O)CO.Cc1sc2c(-c3cccc4c3C=NC4)nc(N3CCCCC3)nc2c1CN1CCN(S(C)(=O)=O)CC1.Cc1sc2c(-c3cnc(N)nc3)nc(N3CCCCC3)nc2c1CN1CCN(C(=O)CO)CC1.Nc1ncc(-c2nc(N3CCCCC3)nc3ccoc23)cn1. The van der Waals surface area contributed by atoms with Crippen LogP contribution in [0.1, 0.15) is 115 Å². The summed E-state index contributed by atoms with van der Waals surface area (Å²) in [5, 5.41) is 20.3. The van der Waals surface area contributed by atoms with Crippen LogP contribution < -0.4 is 36.8 Å². The summed E-state index contributed by atoms with van der Waals surface area (Å²) in [6.45, 7) is 19.0. The van der Waals surface area contributed by atoms with E-state index in [1.54, 1.807) is 82.4 Å². The monoisotopic (exact) mass is 1720 g/mol. The summed E-state index contributed by atoms with van der Waals surface area (Å²) in [7, 11) is -1.47. The van der Waals surface area contributed by atoms with E-state index in [1.165, 1.54) is 106 Å². The van der Waals surface area contributed by atoms with Gasteiger partial charge in [0.05, 0.1) is 66.8 Å². The number of sulfonamides is 1. The standard InChI is InChI=1S/C26H32N6O2S2.C23H30N8O2S.C19H23N7O2S.C15H16N6O/c1-18-22(17-30-11-13-32(14-12-30)36(2,33)34)24-25(35-18)23(20-8-6-7-19-15-27-16-21(19)20)28-26(29-24)31-9-4-3-5-10-31;1-15-17(13-29-7-9-30(10-8-29)18(33)14-32)20-21(34-15)19(16-11-25-22(24)26-12-16)27-23(28-20)31-5-3-2-4-6-31;1-25(14(28)10-27)9-13-11-29-17-15(12-7-21-18(20)22-8-12)23-19(24-16(13)17)26-5-3-2-4-6-26;16-14-17-8-10(9-18-14)12-13-11(4-7-22-13)19-15(20-12)21-5-2-1-3-6-21/h6-8,16H,3-5,9-15,17H2,1-2H3;11-12,32H,2-10,13-14H2,1H3,(H2,24,25,26);7-8,11,27H,2-6,9-10H2,1H3,(H2,20,21,22);4,7-9H,1-3,5-6H2,(H2,16,17,18). The molecular weight excluding hydrogens is 1620 g/mol. The molecule has 6 fully saturated rings. The van der Waals surface area contributed by atoms with Crippen molar-refractivity contribution in [1.82, 2.24) is 93.7 Å². The number of rotatable bonds is 17. The highest BCUT2D eigenvalue weighted by Crippen LogP contribution is 2.43. The van der Waals surface area contributed by atoms with Crippen molar-refractivity contribution >= 4 is 145 Å². The largest absolute Gasteiger partial charge is 0.460 e. The number of furan rings is 1. The summed E-state index contributed by atoms with van der Waals surface area (Å²) in [5.41, 5.74) is 33.9. The van der Waals surface area contributed by atoms with E-state index in [0.717, 1.165) is 223 Å². The number of aromatic nitrogens is 14. The van der Waals surface area contributed by atoms with Gasteiger partial charge in [0.2, 0.25) is 63.5 Å². The number of hydrogen-bond acceptors (Lipinski definition) is 34. The number of piperazine rings is 2. The number of aryl methyl sites for hydroxylation is 2. The summed E-state index contributed by atoms with van der Waals surface area (Å²) in [6, 6.07) is 8.28. The Morgan fingerprint density at radius 2 is 0.950 bits per heavy atom. The van der Waals surface area contributed by atoms with Crippen molar-refractivity contribution in [2.45, 2.75) is 117 Å². The molecule has 0 atom stereocenters. The molecule has 1 aromatic carbocycles. The van der Waals surface area contributed by atoms with Crippen LogP contribution in [0.3, 0.4) is 0 Å². The van der Waals surface area contributed by atoms with Crippen molar-refractivity contribution in [3.8, 4) is 45.0 Å². The maximum Gasteiger partial charge on any atom is 0.248 e. The molecule has 6 saturated heterocycles. The van der Waals surface area contributed by atoms with Crippen LogP contribution in [0.4, 0.5) is 41.6 Å². The van der Waals surface area contributed by atoms with Crippen LogP contribution in [0.15, 0.2) is 82.5 Å². The molecule has 19 rings (SSSR count). The molecule has 0 saturated carbocycles. The van der Waals surface area contributed by atoms with E-state index in [2.05, 4.69) is 101 Å². The number of nitrogens with zero attached hydrogens (tertiary/aromatic N) is 24. The molecule has 7 aliphatic heterocycles. The number of aliphatic hydroxyl groups excluding tert-OH is 2. The predicted octanol–water partition coefficient (Wildman–Crippen LogP) is 9.26. The van der Waals surface area contributed by atoms with E-state index < -0.39 is 23.2 Å². The average Bonchev–Trinajstić information content (AvgIpc) is 1.61. The van der Waals surface area contributed by atoms with Gasteiger partial charge in [0.25, 0.3) is 0 Å². The first-order valence-electron chi connectivity index (χ1n) is 41.4. The molecule has 11 aromatic heterocycles. The van der Waals surface area contributed by atoms with Gasteiger partial charge in [-0.05, 0) is 102 Å². The van der Waals surface area contributed by atoms with Gasteiger partial charge in [-0.1, -0.05) is 18.2 Å². The van der Waals surface area contributed by atoms with Gasteiger partial charge in [-0.25, -0.2) is 78.2 Å². The molecule has 121 heavy (non-hydrogen) atoms. The molecule has 0 radical (unpaired) electrons. The number of aliphatic imine (C=N–C) groups is 1. The van der Waals surface area contributed by atoms with E-state index in [-0.39, 0.29) is 29.7 Å². The molecule has 0 spiro atoms. The summed E-state index contributed by atoms with van der Waals surface area (Å²) >= 11 is 5.00. The van der Waals surface area contributed by atoms with Crippen LogP contribution in [0.2, 0.25) is 0 Å². The maximum absolute atomic E-state index is 12.0. The molecule has 0 unspecified atom stereocenters. The number of aliphatic hydroxyl groups is 2. The molecule has 38 heteroatoms. The van der Waals surface area contributed by atoms with Crippen molar-refractivity contribution < 1.29 is 32.6 Å². The Morgan fingerprint density at radius 1 is 0.512 bits per heavy atom. The molecular formula is C83H101N27O7S4. The number of anilines is 7. The number of hydrogen-bond donors (Lipinski definition) is 5. The van der Waals surface area contributed by atoms with Crippen molar-refractivity contribution in [3.63, 3.8) is 0 Å². The lowest BCUT2D eigenvalue weighted by atomic mass is 10.00. The minimum Gasteiger partial charge on any atom is -0.460 e. The molecule has 12 aromatic rings. The van der Waals surface area contributed by atoms with Gasteiger partial charge in [0.1, 0.15) is 24.4 Å². The molecule has 2 amide bonds. The molecule has 8 N–H and O–H groups in total. The van der Waals surface area contributed by atoms with Crippen LogP contribution in [0, 0.1) is 13.8 Å². The van der Waals surface area contributed by atoms with E-state index in [9.17, 15) is 18.0 Å². The van der Waals surface area contributed by atoms with Gasteiger partial charge in [0, 0.05) is 235 Å². The third-order valence-corrected chi connectivity index (χ3v) is 27.7. The number of nitrogen functional groups attached to an aromatic ring is 3. The highest BCUT2D eigenvalue weighted by atomic mass is 32.2. The fraction of sp³-hybridized carbons (Fsp3) is 0.458. The minimum absolute atomic E-state index is 0.203. The van der Waals surface area contributed by atoms with Gasteiger partial charge in [0.15, 0.2) is 5.58 Å². The Morgan fingerprint density at radius 3 is 1.43 bits per heavy atom. The topological polar surface area (TPSA) is 422 Å². The molecule has 0 bridgehead atoms. The number of piperidine rings is 4. The Kier molecular flexibility index (Phi) is 26.1. The average molecular weight is 1720 g/mol. The lowest BCUT2D eigenvalue weighted by molar-refractivity contribution is -0.136. The lowest BCUT2D eigenvalue weighted by Crippen LogP contribution is -2.49. The van der Waals surface area contributed by atoms with Gasteiger partial charge in [-0.2, -0.15) is 4.31 Å². The zero-order chi connectivity index (χ0) is 83.8. The van der Waals surface area contributed by atoms with E-state index in [1.807, 2.05) is 17.7 Å². The van der Waals surface area contributed by atoms with E-state index >= 15 is 0 Å². The number of fused-ring (bicyclic) bond motifs is 5. The van der Waals surface area contributed by atoms with Crippen LogP contribution in [0.25, 0.3) is 86.8 Å². The fourth-order valence-electron chi connectivity index (χ4n) is 16.4. The number of benzene rings is 1. The number of carbonyl (C=O) groups excluding carboxylic acids is 2. The number of amides is 2. The maximum atomic E-state index is 12.0. The Bertz CT molecular complexity index is 5810. The Labute approximate surface area is 713 Å². The van der Waals surface area contributed by atoms with Crippen LogP contribution >= 0.6 is 34.0 Å². The summed E-state index contributed by atoms with van der Waals surface area (Å²) in [5.74, 6) is 3.17. The Hall–Kier alpha value is -10.8. The summed E-state index contributed by atoms with van der Waals surface area (Å²) < 4.78 is 34.1. The molecule has 0 aliphatic carbocycles. The second-order valence-electron chi connectivity index (χ2n) is 31.4. The van der Waals surface area contributed by atoms with Crippen molar-refractivity contribution in [2.24, 2.45) is 4.99 Å². The second kappa shape index (κ2) is 37.7. The quantitative estimate of drug-likeness (QED) is 0.0566. The Balaban J connectivity index is 0.000000122. The first-order valence-corrected chi connectivity index (χ1v) is 45.8. The van der Waals surface area contributed by atoms with E-state index in [0.29, 0.717) is 49.9 Å². The number of nitrogens with two attached hydrogens (primary N) is 3.